The Bertz CT molecular complexity index is 1060. The van der Waals surface area contributed by atoms with Crippen LogP contribution in [0.2, 0.25) is 0 Å². The number of piperidine rings is 1. The molecule has 1 aliphatic heterocycles. The molecule has 0 aromatic heterocycles. The van der Waals surface area contributed by atoms with Gasteiger partial charge in [0.15, 0.2) is 0 Å². The summed E-state index contributed by atoms with van der Waals surface area (Å²) >= 11 is 0. The Morgan fingerprint density at radius 2 is 1.67 bits per heavy atom. The molecule has 36 heavy (non-hydrogen) atoms. The van der Waals surface area contributed by atoms with Crippen molar-refractivity contribution in [3.05, 3.63) is 65.2 Å². The van der Waals surface area contributed by atoms with Crippen LogP contribution in [0.4, 0.5) is 0 Å². The molecule has 192 valence electrons. The fourth-order valence-corrected chi connectivity index (χ4v) is 3.86. The van der Waals surface area contributed by atoms with Gasteiger partial charge in [-0.15, -0.1) is 0 Å². The lowest BCUT2D eigenvalue weighted by atomic mass is 10.0. The number of nitrogens with two attached hydrogens (primary N) is 1. The van der Waals surface area contributed by atoms with E-state index in [9.17, 15) is 14.4 Å². The van der Waals surface area contributed by atoms with E-state index in [1.54, 1.807) is 43.5 Å². The zero-order valence-electron chi connectivity index (χ0n) is 20.5. The number of methoxy groups -OCH3 is 1. The summed E-state index contributed by atoms with van der Waals surface area (Å²) in [7, 11) is 3.03. The molecule has 1 fully saturated rings. The Hall–Kier alpha value is -3.76. The molecule has 1 amide bonds. The van der Waals surface area contributed by atoms with Gasteiger partial charge in [0.2, 0.25) is 0 Å². The number of hydrogen-bond donors (Lipinski definition) is 3. The van der Waals surface area contributed by atoms with Crippen molar-refractivity contribution in [3.8, 4) is 5.75 Å². The average molecular weight is 497 g/mol. The topological polar surface area (TPSA) is 144 Å². The fourth-order valence-electron chi connectivity index (χ4n) is 3.86. The molecule has 1 atom stereocenters. The predicted molar refractivity (Wildman–Crippen MR) is 133 cm³/mol. The van der Waals surface area contributed by atoms with Crippen LogP contribution in [0.1, 0.15) is 34.3 Å². The second-order valence-electron chi connectivity index (χ2n) is 8.53. The Balaban J connectivity index is 1.73. The maximum absolute atomic E-state index is 13.2. The number of nitrogens with one attached hydrogen (secondary N) is 2. The van der Waals surface area contributed by atoms with Crippen LogP contribution >= 0.6 is 0 Å². The molecule has 1 saturated heterocycles. The molecule has 1 heterocycles. The molecule has 0 aliphatic carbocycles. The molecular weight excluding hydrogens is 464 g/mol. The molecule has 0 bridgehead atoms. The highest BCUT2D eigenvalue weighted by atomic mass is 16.6. The quantitative estimate of drug-likeness (QED) is 0.194. The zero-order valence-corrected chi connectivity index (χ0v) is 20.5. The van der Waals surface area contributed by atoms with E-state index < -0.39 is 23.9 Å². The molecular formula is C26H32N4O6. The van der Waals surface area contributed by atoms with Crippen molar-refractivity contribution < 1.29 is 28.6 Å². The summed E-state index contributed by atoms with van der Waals surface area (Å²) in [4.78, 5) is 39.9. The Morgan fingerprint density at radius 1 is 1.06 bits per heavy atom. The fraction of sp³-hybridized carbons (Fsp3) is 0.385. The second-order valence-corrected chi connectivity index (χ2v) is 8.53. The summed E-state index contributed by atoms with van der Waals surface area (Å²) in [6.45, 7) is 1.28. The van der Waals surface area contributed by atoms with Gasteiger partial charge in [-0.3, -0.25) is 10.2 Å². The van der Waals surface area contributed by atoms with Crippen molar-refractivity contribution in [2.45, 2.75) is 31.4 Å². The number of esters is 2. The van der Waals surface area contributed by atoms with Crippen molar-refractivity contribution in [1.29, 1.82) is 5.41 Å². The Labute approximate surface area is 210 Å². The van der Waals surface area contributed by atoms with Crippen LogP contribution in [0.3, 0.4) is 0 Å². The van der Waals surface area contributed by atoms with Crippen LogP contribution in [-0.2, 0) is 25.5 Å². The van der Waals surface area contributed by atoms with Crippen molar-refractivity contribution in [2.75, 3.05) is 33.9 Å². The van der Waals surface area contributed by atoms with Gasteiger partial charge in [-0.05, 0) is 55.8 Å². The van der Waals surface area contributed by atoms with E-state index >= 15 is 0 Å². The van der Waals surface area contributed by atoms with Gasteiger partial charge >= 0.3 is 11.9 Å². The first-order valence-electron chi connectivity index (χ1n) is 11.7. The Kier molecular flexibility index (Phi) is 9.54. The third kappa shape index (κ3) is 7.37. The molecule has 1 unspecified atom stereocenters. The minimum Gasteiger partial charge on any atom is -0.497 e. The van der Waals surface area contributed by atoms with E-state index in [2.05, 4.69) is 5.32 Å². The first-order valence-corrected chi connectivity index (χ1v) is 11.7. The third-order valence-electron chi connectivity index (χ3n) is 6.03. The van der Waals surface area contributed by atoms with Crippen molar-refractivity contribution in [1.82, 2.24) is 10.2 Å². The number of rotatable bonds is 10. The number of likely N-dealkylation sites (N-methyl/N-ethyl adjacent to an activating group) is 1. The SMILES string of the molecule is COc1ccc(CC(C(=O)OC(=O)COC2CCNCC2)N(C)C(=O)c2ccc(C(=N)N)cc2)cc1. The average Bonchev–Trinajstić information content (AvgIpc) is 2.90. The van der Waals surface area contributed by atoms with E-state index in [0.29, 0.717) is 16.9 Å². The molecule has 0 spiro atoms. The van der Waals surface area contributed by atoms with Gasteiger partial charge in [0.25, 0.3) is 5.91 Å². The van der Waals surface area contributed by atoms with Gasteiger partial charge in [-0.25, -0.2) is 9.59 Å². The second kappa shape index (κ2) is 12.8. The van der Waals surface area contributed by atoms with E-state index in [0.717, 1.165) is 31.5 Å². The maximum atomic E-state index is 13.2. The molecule has 0 saturated carbocycles. The van der Waals surface area contributed by atoms with Gasteiger partial charge in [-0.2, -0.15) is 0 Å². The number of carbonyl (C=O) groups excluding carboxylic acids is 3. The number of amides is 1. The minimum atomic E-state index is -1.07. The number of nitrogens with zero attached hydrogens (tertiary/aromatic N) is 1. The molecule has 3 rings (SSSR count). The summed E-state index contributed by atoms with van der Waals surface area (Å²) in [6, 6.07) is 12.2. The largest absolute Gasteiger partial charge is 0.497 e. The van der Waals surface area contributed by atoms with E-state index in [4.69, 9.17) is 25.4 Å². The highest BCUT2D eigenvalue weighted by Crippen LogP contribution is 2.17. The van der Waals surface area contributed by atoms with Gasteiger partial charge < -0.3 is 30.2 Å². The summed E-state index contributed by atoms with van der Waals surface area (Å²) in [5, 5.41) is 10.7. The number of carbonyl (C=O) groups is 3. The standard InChI is InChI=1S/C26H32N4O6/c1-30(25(32)19-7-5-18(6-8-19)24(27)28)22(15-17-3-9-20(34-2)10-4-17)26(33)36-23(31)16-35-21-11-13-29-14-12-21/h3-10,21-22,29H,11-16H2,1-2H3,(H3,27,28). The van der Waals surface area contributed by atoms with Gasteiger partial charge in [0.1, 0.15) is 24.2 Å². The lowest BCUT2D eigenvalue weighted by molar-refractivity contribution is -0.167. The van der Waals surface area contributed by atoms with E-state index in [1.165, 1.54) is 24.1 Å². The highest BCUT2D eigenvalue weighted by molar-refractivity contribution is 6.00. The van der Waals surface area contributed by atoms with Crippen LogP contribution < -0.4 is 15.8 Å². The first kappa shape index (κ1) is 26.8. The lowest BCUT2D eigenvalue weighted by Crippen LogP contribution is -2.45. The summed E-state index contributed by atoms with van der Waals surface area (Å²) in [6.07, 6.45) is 1.62. The lowest BCUT2D eigenvalue weighted by Gasteiger charge is -2.27. The number of nitrogen functional groups attached to an aromatic ring is 1. The molecule has 0 radical (unpaired) electrons. The van der Waals surface area contributed by atoms with Crippen LogP contribution in [0.15, 0.2) is 48.5 Å². The number of benzene rings is 2. The smallest absolute Gasteiger partial charge is 0.339 e. The molecule has 2 aromatic carbocycles. The van der Waals surface area contributed by atoms with Gasteiger partial charge in [0.05, 0.1) is 13.2 Å². The normalized spacial score (nSPS) is 14.5. The Morgan fingerprint density at radius 3 is 2.25 bits per heavy atom. The van der Waals surface area contributed by atoms with Gasteiger partial charge in [0, 0.05) is 24.6 Å². The maximum Gasteiger partial charge on any atom is 0.339 e. The molecule has 1 aliphatic rings. The van der Waals surface area contributed by atoms with Crippen LogP contribution in [0.25, 0.3) is 0 Å². The monoisotopic (exact) mass is 496 g/mol. The summed E-state index contributed by atoms with van der Waals surface area (Å²) in [5.41, 5.74) is 7.01. The van der Waals surface area contributed by atoms with E-state index in [1.807, 2.05) is 0 Å². The van der Waals surface area contributed by atoms with Crippen molar-refractivity contribution in [3.63, 3.8) is 0 Å². The molecule has 2 aromatic rings. The van der Waals surface area contributed by atoms with Crippen LogP contribution in [0.5, 0.6) is 5.75 Å². The number of hydrogen-bond acceptors (Lipinski definition) is 8. The van der Waals surface area contributed by atoms with Crippen molar-refractivity contribution >= 4 is 23.7 Å². The number of amidine groups is 1. The molecule has 4 N–H and O–H groups in total. The van der Waals surface area contributed by atoms with Crippen LogP contribution in [0, 0.1) is 5.41 Å². The first-order chi connectivity index (χ1) is 17.3. The van der Waals surface area contributed by atoms with Crippen molar-refractivity contribution in [2.24, 2.45) is 5.73 Å². The molecule has 10 heteroatoms. The minimum absolute atomic E-state index is 0.0637. The number of ether oxygens (including phenoxy) is 3. The van der Waals surface area contributed by atoms with Gasteiger partial charge in [-0.1, -0.05) is 24.3 Å². The third-order valence-corrected chi connectivity index (χ3v) is 6.03. The summed E-state index contributed by atoms with van der Waals surface area (Å²) < 4.78 is 15.9. The van der Waals surface area contributed by atoms with E-state index in [-0.39, 0.29) is 25.0 Å². The predicted octanol–water partition coefficient (Wildman–Crippen LogP) is 1.50. The summed E-state index contributed by atoms with van der Waals surface area (Å²) in [5.74, 6) is -1.56. The molecule has 10 nitrogen and oxygen atoms in total. The van der Waals surface area contributed by atoms with Crippen LogP contribution in [-0.4, -0.2) is 74.6 Å². The highest BCUT2D eigenvalue weighted by Gasteiger charge is 2.31. The zero-order chi connectivity index (χ0) is 26.1.